The summed E-state index contributed by atoms with van der Waals surface area (Å²) in [5.41, 5.74) is 6.48. The molecule has 3 saturated carbocycles. The van der Waals surface area contributed by atoms with Crippen molar-refractivity contribution in [2.24, 2.45) is 16.6 Å². The summed E-state index contributed by atoms with van der Waals surface area (Å²) in [5.74, 6) is -0.218. The van der Waals surface area contributed by atoms with Crippen molar-refractivity contribution < 1.29 is 9.53 Å². The molecule has 3 aliphatic rings. The molecule has 3 fully saturated rings. The molecule has 3 aliphatic carbocycles. The van der Waals surface area contributed by atoms with E-state index in [0.29, 0.717) is 12.0 Å². The normalized spacial score (nSPS) is 43.0. The third kappa shape index (κ3) is 1.10. The van der Waals surface area contributed by atoms with Crippen molar-refractivity contribution in [1.82, 2.24) is 0 Å². The molecule has 2 N–H and O–H groups in total. The fourth-order valence-electron chi connectivity index (χ4n) is 3.21. The Labute approximate surface area is 78.6 Å². The molecule has 0 aromatic carbocycles. The van der Waals surface area contributed by atoms with Crippen LogP contribution in [-0.2, 0) is 9.53 Å². The molecule has 74 valence electrons. The van der Waals surface area contributed by atoms with Crippen LogP contribution in [-0.4, -0.2) is 18.6 Å². The first-order valence-electron chi connectivity index (χ1n) is 4.94. The van der Waals surface area contributed by atoms with Crippen molar-refractivity contribution in [2.75, 3.05) is 6.61 Å². The predicted molar refractivity (Wildman–Crippen MR) is 49.0 cm³/mol. The Morgan fingerprint density at radius 2 is 2.08 bits per heavy atom. The zero-order valence-electron chi connectivity index (χ0n) is 8.30. The van der Waals surface area contributed by atoms with E-state index in [2.05, 4.69) is 6.92 Å². The molecule has 0 radical (unpaired) electrons. The maximum atomic E-state index is 11.4. The van der Waals surface area contributed by atoms with Gasteiger partial charge in [-0.05, 0) is 37.0 Å². The fourth-order valence-corrected chi connectivity index (χ4v) is 3.21. The number of hydrogen-bond donors (Lipinski definition) is 1. The summed E-state index contributed by atoms with van der Waals surface area (Å²) in [6.45, 7) is 4.50. The first kappa shape index (κ1) is 9.00. The topological polar surface area (TPSA) is 52.3 Å². The second-order valence-corrected chi connectivity index (χ2v) is 4.93. The van der Waals surface area contributed by atoms with Gasteiger partial charge in [0.05, 0.1) is 6.61 Å². The molecule has 0 aromatic heterocycles. The minimum absolute atomic E-state index is 0.112. The molecule has 0 saturated heterocycles. The van der Waals surface area contributed by atoms with Crippen LogP contribution in [0.4, 0.5) is 0 Å². The number of esters is 1. The van der Waals surface area contributed by atoms with Gasteiger partial charge in [0.15, 0.2) is 0 Å². The molecule has 0 amide bonds. The third-order valence-electron chi connectivity index (χ3n) is 3.54. The summed E-state index contributed by atoms with van der Waals surface area (Å²) < 4.78 is 4.92. The lowest BCUT2D eigenvalue weighted by atomic mass is 9.34. The lowest BCUT2D eigenvalue weighted by Crippen LogP contribution is -2.69. The van der Waals surface area contributed by atoms with Crippen LogP contribution < -0.4 is 5.73 Å². The average Bonchev–Trinajstić information content (AvgIpc) is 1.96. The number of carbonyl (C=O) groups excluding carboxylic acids is 1. The van der Waals surface area contributed by atoms with Gasteiger partial charge in [0.25, 0.3) is 0 Å². The van der Waals surface area contributed by atoms with Crippen LogP contribution in [0.5, 0.6) is 0 Å². The Morgan fingerprint density at radius 1 is 1.54 bits per heavy atom. The van der Waals surface area contributed by atoms with Crippen LogP contribution in [0, 0.1) is 10.8 Å². The van der Waals surface area contributed by atoms with Gasteiger partial charge in [0, 0.05) is 0 Å². The lowest BCUT2D eigenvalue weighted by Gasteiger charge is -2.71. The summed E-state index contributed by atoms with van der Waals surface area (Å²) in [5, 5.41) is 0. The minimum atomic E-state index is -0.380. The van der Waals surface area contributed by atoms with E-state index in [-0.39, 0.29) is 17.4 Å². The highest BCUT2D eigenvalue weighted by molar-refractivity contribution is 5.77. The molecule has 3 rings (SSSR count). The Hall–Kier alpha value is -0.570. The van der Waals surface area contributed by atoms with Crippen LogP contribution in [0.3, 0.4) is 0 Å². The summed E-state index contributed by atoms with van der Waals surface area (Å²) in [6, 6.07) is -0.380. The molecule has 0 unspecified atom stereocenters. The molecular weight excluding hydrogens is 166 g/mol. The van der Waals surface area contributed by atoms with Crippen molar-refractivity contribution >= 4 is 5.97 Å². The highest BCUT2D eigenvalue weighted by atomic mass is 16.5. The largest absolute Gasteiger partial charge is 0.465 e. The highest BCUT2D eigenvalue weighted by Crippen LogP contribution is 2.74. The average molecular weight is 183 g/mol. The highest BCUT2D eigenvalue weighted by Gasteiger charge is 2.68. The zero-order chi connectivity index (χ0) is 9.69. The second-order valence-electron chi connectivity index (χ2n) is 4.93. The summed E-state index contributed by atoms with van der Waals surface area (Å²) in [6.07, 6.45) is 3.33. The molecule has 1 atom stereocenters. The van der Waals surface area contributed by atoms with Gasteiger partial charge in [0.2, 0.25) is 0 Å². The second kappa shape index (κ2) is 2.47. The van der Waals surface area contributed by atoms with E-state index in [1.807, 2.05) is 6.92 Å². The summed E-state index contributed by atoms with van der Waals surface area (Å²) >= 11 is 0. The monoisotopic (exact) mass is 183 g/mol. The molecule has 0 aromatic rings. The maximum Gasteiger partial charge on any atom is 0.323 e. The number of hydrogen-bond acceptors (Lipinski definition) is 3. The number of nitrogens with two attached hydrogens (primary N) is 1. The number of rotatable bonds is 3. The van der Waals surface area contributed by atoms with E-state index in [4.69, 9.17) is 10.5 Å². The van der Waals surface area contributed by atoms with E-state index < -0.39 is 0 Å². The van der Waals surface area contributed by atoms with E-state index >= 15 is 0 Å². The molecule has 13 heavy (non-hydrogen) atoms. The lowest BCUT2D eigenvalue weighted by molar-refractivity contribution is -0.212. The van der Waals surface area contributed by atoms with Gasteiger partial charge in [-0.1, -0.05) is 6.92 Å². The van der Waals surface area contributed by atoms with Crippen LogP contribution in [0.25, 0.3) is 0 Å². The third-order valence-corrected chi connectivity index (χ3v) is 3.54. The van der Waals surface area contributed by atoms with Crippen LogP contribution >= 0.6 is 0 Å². The molecule has 0 aliphatic heterocycles. The molecule has 3 heteroatoms. The Kier molecular flexibility index (Phi) is 1.71. The number of carbonyl (C=O) groups is 1. The molecule has 0 heterocycles. The van der Waals surface area contributed by atoms with Crippen molar-refractivity contribution in [2.45, 2.75) is 39.2 Å². The summed E-state index contributed by atoms with van der Waals surface area (Å²) in [7, 11) is 0. The van der Waals surface area contributed by atoms with Gasteiger partial charge in [-0.2, -0.15) is 0 Å². The van der Waals surface area contributed by atoms with E-state index in [0.717, 1.165) is 19.3 Å². The SMILES string of the molecule is CCOC(=O)[C@@H](N)C12CC(C)(C1)C2. The van der Waals surface area contributed by atoms with Crippen molar-refractivity contribution in [3.8, 4) is 0 Å². The van der Waals surface area contributed by atoms with Crippen LogP contribution in [0.2, 0.25) is 0 Å². The van der Waals surface area contributed by atoms with Gasteiger partial charge in [-0.25, -0.2) is 0 Å². The number of ether oxygens (including phenoxy) is 1. The van der Waals surface area contributed by atoms with Gasteiger partial charge in [-0.15, -0.1) is 0 Å². The molecule has 3 nitrogen and oxygen atoms in total. The summed E-state index contributed by atoms with van der Waals surface area (Å²) in [4.78, 5) is 11.4. The quantitative estimate of drug-likeness (QED) is 0.666. The van der Waals surface area contributed by atoms with Crippen molar-refractivity contribution in [1.29, 1.82) is 0 Å². The van der Waals surface area contributed by atoms with Crippen molar-refractivity contribution in [3.05, 3.63) is 0 Å². The van der Waals surface area contributed by atoms with Crippen LogP contribution in [0.15, 0.2) is 0 Å². The molecule has 0 spiro atoms. The molecular formula is C10H17NO2. The van der Waals surface area contributed by atoms with Crippen molar-refractivity contribution in [3.63, 3.8) is 0 Å². The Bertz CT molecular complexity index is 230. The van der Waals surface area contributed by atoms with Gasteiger partial charge >= 0.3 is 5.97 Å². The van der Waals surface area contributed by atoms with E-state index in [1.165, 1.54) is 0 Å². The Balaban J connectivity index is 1.92. The first-order chi connectivity index (χ1) is 6.01. The minimum Gasteiger partial charge on any atom is -0.465 e. The van der Waals surface area contributed by atoms with Gasteiger partial charge in [-0.3, -0.25) is 4.79 Å². The van der Waals surface area contributed by atoms with Gasteiger partial charge < -0.3 is 10.5 Å². The first-order valence-corrected chi connectivity index (χ1v) is 4.94. The zero-order valence-corrected chi connectivity index (χ0v) is 8.30. The predicted octanol–water partition coefficient (Wildman–Crippen LogP) is 1.07. The maximum absolute atomic E-state index is 11.4. The Morgan fingerprint density at radius 3 is 2.46 bits per heavy atom. The van der Waals surface area contributed by atoms with E-state index in [9.17, 15) is 4.79 Å². The van der Waals surface area contributed by atoms with Crippen LogP contribution in [0.1, 0.15) is 33.1 Å². The van der Waals surface area contributed by atoms with Gasteiger partial charge in [0.1, 0.15) is 6.04 Å². The molecule has 2 bridgehead atoms. The fraction of sp³-hybridized carbons (Fsp3) is 0.900. The smallest absolute Gasteiger partial charge is 0.323 e. The standard InChI is InChI=1S/C10H17NO2/c1-3-13-8(12)7(11)10-4-9(2,5-10)6-10/h7H,3-6,11H2,1-2H3/t7-,9?,10?/m1/s1. The van der Waals surface area contributed by atoms with E-state index in [1.54, 1.807) is 0 Å².